The van der Waals surface area contributed by atoms with Crippen molar-refractivity contribution in [2.45, 2.75) is 3.92 Å². The summed E-state index contributed by atoms with van der Waals surface area (Å²) in [6.45, 7) is 0. The zero-order valence-electron chi connectivity index (χ0n) is 7.21. The molecule has 0 unspecified atom stereocenters. The first-order valence-corrected chi connectivity index (χ1v) is 5.92. The highest BCUT2D eigenvalue weighted by molar-refractivity contribution is 7.82. The summed E-state index contributed by atoms with van der Waals surface area (Å²) >= 11 is 27.8. The van der Waals surface area contributed by atoms with Gasteiger partial charge in [-0.15, -0.1) is 0 Å². The molecule has 6 heteroatoms. The van der Waals surface area contributed by atoms with Crippen molar-refractivity contribution in [3.05, 3.63) is 35.4 Å². The van der Waals surface area contributed by atoms with Gasteiger partial charge in [-0.2, -0.15) is 0 Å². The number of alkyl halides is 3. The molecule has 0 spiro atoms. The fraction of sp³-hybridized carbons (Fsp3) is 0.111. The number of thiocarbonyl (C=S) groups is 2. The van der Waals surface area contributed by atoms with Gasteiger partial charge in [0.1, 0.15) is 9.98 Å². The summed E-state index contributed by atoms with van der Waals surface area (Å²) < 4.78 is -1.63. The van der Waals surface area contributed by atoms with Crippen molar-refractivity contribution in [3.63, 3.8) is 0 Å². The lowest BCUT2D eigenvalue weighted by Gasteiger charge is -2.25. The molecule has 1 heterocycles. The molecular formula is C9H4Cl3NS2. The van der Waals surface area contributed by atoms with Crippen LogP contribution in [-0.4, -0.2) is 18.8 Å². The minimum atomic E-state index is -1.63. The second-order valence-corrected chi connectivity index (χ2v) is 5.95. The molecule has 0 radical (unpaired) electrons. The van der Waals surface area contributed by atoms with Crippen LogP contribution in [-0.2, 0) is 0 Å². The van der Waals surface area contributed by atoms with Crippen molar-refractivity contribution in [1.82, 2.24) is 4.90 Å². The Morgan fingerprint density at radius 1 is 0.933 bits per heavy atom. The van der Waals surface area contributed by atoms with Crippen LogP contribution in [0.2, 0.25) is 0 Å². The van der Waals surface area contributed by atoms with E-state index in [0.717, 1.165) is 11.1 Å². The van der Waals surface area contributed by atoms with Crippen molar-refractivity contribution in [1.29, 1.82) is 0 Å². The van der Waals surface area contributed by atoms with Crippen molar-refractivity contribution in [2.24, 2.45) is 0 Å². The summed E-state index contributed by atoms with van der Waals surface area (Å²) in [4.78, 5) is 2.26. The lowest BCUT2D eigenvalue weighted by atomic mass is 10.1. The molecule has 0 amide bonds. The van der Waals surface area contributed by atoms with Gasteiger partial charge in [0.15, 0.2) is 0 Å². The summed E-state index contributed by atoms with van der Waals surface area (Å²) in [5.74, 6) is 0. The third kappa shape index (κ3) is 1.87. The fourth-order valence-corrected chi connectivity index (χ4v) is 3.10. The van der Waals surface area contributed by atoms with Gasteiger partial charge in [-0.25, -0.2) is 0 Å². The molecule has 0 aliphatic carbocycles. The molecule has 1 nitrogen and oxygen atoms in total. The number of hydrogen-bond acceptors (Lipinski definition) is 2. The summed E-state index contributed by atoms with van der Waals surface area (Å²) in [6.07, 6.45) is 0. The molecule has 0 saturated heterocycles. The summed E-state index contributed by atoms with van der Waals surface area (Å²) in [7, 11) is 0. The molecule has 1 aliphatic heterocycles. The maximum Gasteiger partial charge on any atom is 0.273 e. The molecule has 0 bridgehead atoms. The van der Waals surface area contributed by atoms with Crippen LogP contribution in [0.25, 0.3) is 0 Å². The standard InChI is InChI=1S/C9H4Cl3NS2/c10-9(11,12)13-7(14)5-3-1-2-4-6(5)8(13)15/h1-4H. The topological polar surface area (TPSA) is 3.24 Å². The Morgan fingerprint density at radius 3 is 1.67 bits per heavy atom. The van der Waals surface area contributed by atoms with Gasteiger partial charge in [0.25, 0.3) is 3.92 Å². The fourth-order valence-electron chi connectivity index (χ4n) is 1.42. The average molecular weight is 297 g/mol. The average Bonchev–Trinajstić information content (AvgIpc) is 2.39. The van der Waals surface area contributed by atoms with E-state index < -0.39 is 3.92 Å². The monoisotopic (exact) mass is 295 g/mol. The number of fused-ring (bicyclic) bond motifs is 1. The molecule has 15 heavy (non-hydrogen) atoms. The van der Waals surface area contributed by atoms with E-state index in [-0.39, 0.29) is 0 Å². The maximum atomic E-state index is 5.80. The van der Waals surface area contributed by atoms with Crippen LogP contribution < -0.4 is 0 Å². The van der Waals surface area contributed by atoms with Gasteiger partial charge >= 0.3 is 0 Å². The minimum Gasteiger partial charge on any atom is -0.276 e. The lowest BCUT2D eigenvalue weighted by Crippen LogP contribution is -2.38. The molecule has 1 aromatic carbocycles. The second kappa shape index (κ2) is 3.82. The number of halogens is 3. The third-order valence-electron chi connectivity index (χ3n) is 2.05. The summed E-state index contributed by atoms with van der Waals surface area (Å²) in [6, 6.07) is 7.46. The van der Waals surface area contributed by atoms with Crippen molar-refractivity contribution < 1.29 is 0 Å². The van der Waals surface area contributed by atoms with Crippen LogP contribution in [0.15, 0.2) is 24.3 Å². The Labute approximate surface area is 113 Å². The number of benzene rings is 1. The van der Waals surface area contributed by atoms with E-state index in [4.69, 9.17) is 59.2 Å². The van der Waals surface area contributed by atoms with E-state index >= 15 is 0 Å². The van der Waals surface area contributed by atoms with Crippen LogP contribution in [0.5, 0.6) is 0 Å². The van der Waals surface area contributed by atoms with Gasteiger partial charge in [0.05, 0.1) is 0 Å². The Bertz CT molecular complexity index is 418. The highest BCUT2D eigenvalue weighted by Crippen LogP contribution is 2.38. The first-order chi connectivity index (χ1) is 6.93. The Kier molecular flexibility index (Phi) is 2.95. The van der Waals surface area contributed by atoms with E-state index in [1.165, 1.54) is 4.90 Å². The Hall–Kier alpha value is 0.0700. The van der Waals surface area contributed by atoms with Gasteiger partial charge < -0.3 is 0 Å². The van der Waals surface area contributed by atoms with Gasteiger partial charge in [-0.05, 0) is 0 Å². The normalized spacial score (nSPS) is 15.8. The van der Waals surface area contributed by atoms with E-state index in [2.05, 4.69) is 0 Å². The van der Waals surface area contributed by atoms with Gasteiger partial charge in [0.2, 0.25) is 0 Å². The molecule has 2 rings (SSSR count). The first-order valence-electron chi connectivity index (χ1n) is 3.97. The summed E-state index contributed by atoms with van der Waals surface area (Å²) in [5.41, 5.74) is 1.67. The van der Waals surface area contributed by atoms with E-state index in [9.17, 15) is 0 Å². The van der Waals surface area contributed by atoms with E-state index in [1.54, 1.807) is 0 Å². The second-order valence-electron chi connectivity index (χ2n) is 2.96. The number of rotatable bonds is 0. The highest BCUT2D eigenvalue weighted by Gasteiger charge is 2.41. The molecule has 1 aliphatic rings. The SMILES string of the molecule is S=C1c2ccccc2C(=S)N1C(Cl)(Cl)Cl. The van der Waals surface area contributed by atoms with E-state index in [0.29, 0.717) is 9.98 Å². The van der Waals surface area contributed by atoms with Gasteiger partial charge in [0, 0.05) is 11.1 Å². The zero-order chi connectivity index (χ0) is 11.2. The molecule has 0 atom stereocenters. The zero-order valence-corrected chi connectivity index (χ0v) is 11.1. The van der Waals surface area contributed by atoms with Crippen LogP contribution in [0.3, 0.4) is 0 Å². The van der Waals surface area contributed by atoms with Crippen LogP contribution in [0.4, 0.5) is 0 Å². The molecule has 78 valence electrons. The smallest absolute Gasteiger partial charge is 0.273 e. The summed E-state index contributed by atoms with van der Waals surface area (Å²) in [5, 5.41) is 0. The van der Waals surface area contributed by atoms with Gasteiger partial charge in [-0.1, -0.05) is 83.5 Å². The van der Waals surface area contributed by atoms with Crippen molar-refractivity contribution >= 4 is 69.2 Å². The Morgan fingerprint density at radius 2 is 1.33 bits per heavy atom. The molecule has 0 saturated carbocycles. The van der Waals surface area contributed by atoms with Gasteiger partial charge in [-0.3, -0.25) is 4.90 Å². The number of nitrogens with zero attached hydrogens (tertiary/aromatic N) is 1. The predicted octanol–water partition coefficient (Wildman–Crippen LogP) is 3.68. The molecule has 0 aromatic heterocycles. The van der Waals surface area contributed by atoms with Crippen LogP contribution in [0, 0.1) is 0 Å². The van der Waals surface area contributed by atoms with Crippen LogP contribution in [0.1, 0.15) is 11.1 Å². The maximum absolute atomic E-state index is 5.80. The molecule has 0 N–H and O–H groups in total. The largest absolute Gasteiger partial charge is 0.276 e. The van der Waals surface area contributed by atoms with Crippen LogP contribution >= 0.6 is 59.2 Å². The van der Waals surface area contributed by atoms with Crippen molar-refractivity contribution in [3.8, 4) is 0 Å². The Balaban J connectivity index is 2.55. The van der Waals surface area contributed by atoms with Crippen molar-refractivity contribution in [2.75, 3.05) is 0 Å². The molecule has 1 aromatic rings. The molecule has 0 fully saturated rings. The predicted molar refractivity (Wildman–Crippen MR) is 72.0 cm³/mol. The minimum absolute atomic E-state index is 0.454. The quantitative estimate of drug-likeness (QED) is 0.408. The molecular weight excluding hydrogens is 293 g/mol. The third-order valence-corrected chi connectivity index (χ3v) is 3.36. The van der Waals surface area contributed by atoms with E-state index in [1.807, 2.05) is 24.3 Å². The number of hydrogen-bond donors (Lipinski definition) is 0. The first kappa shape index (κ1) is 11.6. The highest BCUT2D eigenvalue weighted by atomic mass is 35.6. The lowest BCUT2D eigenvalue weighted by molar-refractivity contribution is 0.665.